The Morgan fingerprint density at radius 2 is 0.786 bits per heavy atom. The van der Waals surface area contributed by atoms with Gasteiger partial charge in [0.25, 0.3) is 0 Å². The molecule has 1 rings (SSSR count). The second-order valence-electron chi connectivity index (χ2n) is 27.8. The van der Waals surface area contributed by atoms with Crippen LogP contribution in [0.4, 0.5) is 0 Å². The van der Waals surface area contributed by atoms with E-state index in [4.69, 9.17) is 22.6 Å². The van der Waals surface area contributed by atoms with Crippen LogP contribution in [0.3, 0.4) is 0 Å². The van der Waals surface area contributed by atoms with E-state index in [1.165, 1.54) is 52.0 Å². The Labute approximate surface area is 671 Å². The fraction of sp³-hybridized carbons (Fsp3) is 0.609. The smallest absolute Gasteiger partial charge is 0.326 e. The van der Waals surface area contributed by atoms with Crippen LogP contribution in [-0.2, 0) is 102 Å². The molecular weight excluding hydrogens is 1550 g/mol. The number of rotatable bonds is 52. The first-order chi connectivity index (χ1) is 54.5. The second kappa shape index (κ2) is 51.4. The van der Waals surface area contributed by atoms with Gasteiger partial charge in [0.1, 0.15) is 84.3 Å². The van der Waals surface area contributed by atoms with E-state index in [0.717, 1.165) is 20.8 Å². The lowest BCUT2D eigenvalue weighted by molar-refractivity contribution is -0.143. The molecule has 0 bridgehead atoms. The molecule has 48 nitrogen and oxygen atoms in total. The number of nitrogens with one attached hydrogen (secondary N) is 19. The van der Waals surface area contributed by atoms with Crippen LogP contribution >= 0.6 is 0 Å². The number of aliphatic hydroxyl groups is 3. The van der Waals surface area contributed by atoms with E-state index in [-0.39, 0.29) is 50.3 Å². The van der Waals surface area contributed by atoms with Gasteiger partial charge in [0.15, 0.2) is 5.96 Å². The van der Waals surface area contributed by atoms with Crippen molar-refractivity contribution in [2.45, 2.75) is 218 Å². The van der Waals surface area contributed by atoms with E-state index in [9.17, 15) is 127 Å². The minimum absolute atomic E-state index is 0.0466. The molecule has 48 heteroatoms. The Kier molecular flexibility index (Phi) is 45.0. The summed E-state index contributed by atoms with van der Waals surface area (Å²) in [5, 5.41) is 108. The molecule has 0 spiro atoms. The number of hydrogen-bond acceptors (Lipinski definition) is 26. The zero-order valence-electron chi connectivity index (χ0n) is 66.5. The lowest BCUT2D eigenvalue weighted by Crippen LogP contribution is -2.61. The fourth-order valence-electron chi connectivity index (χ4n) is 10.1. The van der Waals surface area contributed by atoms with Gasteiger partial charge in [-0.25, -0.2) is 4.79 Å². The number of carbonyl (C=O) groups excluding carboxylic acids is 18. The van der Waals surface area contributed by atoms with Gasteiger partial charge in [-0.15, -0.1) is 0 Å². The highest BCUT2D eigenvalue weighted by Gasteiger charge is 2.37. The molecule has 0 aliphatic heterocycles. The molecule has 654 valence electrons. The van der Waals surface area contributed by atoms with Gasteiger partial charge in [0.2, 0.25) is 106 Å². The summed E-state index contributed by atoms with van der Waals surface area (Å²) in [5.41, 5.74) is 16.2. The number of aromatic hydroxyl groups is 1. The Morgan fingerprint density at radius 1 is 0.393 bits per heavy atom. The number of carboxylic acid groups (broad SMARTS) is 2. The monoisotopic (exact) mass is 1660 g/mol. The Balaban J connectivity index is 3.16. The van der Waals surface area contributed by atoms with Crippen LogP contribution in [0, 0.1) is 17.2 Å². The predicted molar refractivity (Wildman–Crippen MR) is 408 cm³/mol. The van der Waals surface area contributed by atoms with Crippen LogP contribution in [0.25, 0.3) is 0 Å². The highest BCUT2D eigenvalue weighted by Crippen LogP contribution is 2.15. The second-order valence-corrected chi connectivity index (χ2v) is 27.8. The maximum Gasteiger partial charge on any atom is 0.326 e. The van der Waals surface area contributed by atoms with Crippen molar-refractivity contribution in [3.8, 4) is 5.75 Å². The van der Waals surface area contributed by atoms with Crippen molar-refractivity contribution < 1.29 is 127 Å². The van der Waals surface area contributed by atoms with Crippen LogP contribution in [-0.4, -0.2) is 291 Å². The third-order valence-electron chi connectivity index (χ3n) is 17.0. The number of amides is 18. The van der Waals surface area contributed by atoms with Gasteiger partial charge in [0.05, 0.1) is 63.9 Å². The summed E-state index contributed by atoms with van der Waals surface area (Å²) >= 11 is 0. The predicted octanol–water partition coefficient (Wildman–Crippen LogP) is -12.3. The number of carboxylic acids is 2. The van der Waals surface area contributed by atoms with Crippen molar-refractivity contribution in [1.82, 2.24) is 95.7 Å². The average Bonchev–Trinajstić information content (AvgIpc) is 0.846. The normalized spacial score (nSPS) is 15.3. The molecule has 1 aromatic carbocycles. The average molecular weight is 1670 g/mol. The molecule has 1 aromatic rings. The number of guanidine groups is 1. The highest BCUT2D eigenvalue weighted by molar-refractivity contribution is 6.01. The molecule has 0 unspecified atom stereocenters. The van der Waals surface area contributed by atoms with E-state index in [0.29, 0.717) is 5.56 Å². The number of primary amides is 1. The zero-order chi connectivity index (χ0) is 89.4. The van der Waals surface area contributed by atoms with Crippen molar-refractivity contribution in [2.75, 3.05) is 39.3 Å². The van der Waals surface area contributed by atoms with Gasteiger partial charge in [0, 0.05) is 13.0 Å². The summed E-state index contributed by atoms with van der Waals surface area (Å²) in [6, 6.07) is -14.9. The molecule has 18 amide bonds. The Hall–Kier alpha value is -12.5. The summed E-state index contributed by atoms with van der Waals surface area (Å²) in [4.78, 5) is 260. The first-order valence-corrected chi connectivity index (χ1v) is 36.8. The molecule has 0 heterocycles. The molecule has 0 aliphatic rings. The van der Waals surface area contributed by atoms with E-state index in [2.05, 4.69) is 90.4 Å². The van der Waals surface area contributed by atoms with Crippen molar-refractivity contribution in [1.29, 1.82) is 5.41 Å². The molecule has 0 radical (unpaired) electrons. The standard InChI is InChI=1S/C69H112N22O26/c1-12-30(4)53(65(113)78-26-48(99)80-32(6)57(105)85-40(14-13-19-74-69(72)73)60(108)76-27-49(100)84-44(68(116)117)22-45(70)96)90-63(111)42(21-38-15-17-39(95)18-16-38)88-67(115)55(37(11)94)89-50(101)28-79-66(114)54(36(10)93)91-62(110)41(20-29(2)3)86-58(106)33(7)82-47(98)25-77-61(109)43(23-51(102)103)87-59(107)34(8)81-46(97)24-75-56(104)31(5)83-64(112)52(71)35(9)92/h15-18,29-37,40-44,52-55,92-95H,12-14,19-28,71H2,1-11H3,(H2,70,96)(H,75,104)(H,76,108)(H,77,109)(H,78,113)(H,79,114)(H,80,99)(H,81,97)(H,82,98)(H,83,112)(H,84,100)(H,85,105)(H,86,106)(H,87,107)(H,88,115)(H,89,101)(H,90,111)(H,91,110)(H,102,103)(H,116,117)(H4,72,73,74)/t30-,31-,32-,33-,34-,35+,36+,37+,40-,41-,42-,43-,44-,52-,53-,54-,55-/m0/s1. The molecule has 17 atom stereocenters. The number of phenolic OH excluding ortho intramolecular Hbond substituents is 1. The van der Waals surface area contributed by atoms with E-state index < -0.39 is 273 Å². The van der Waals surface area contributed by atoms with Crippen molar-refractivity contribution in [2.24, 2.45) is 29.0 Å². The molecular formula is C69H112N22O26. The first-order valence-electron chi connectivity index (χ1n) is 36.8. The minimum atomic E-state index is -1.90. The number of aliphatic carboxylic acids is 2. The van der Waals surface area contributed by atoms with Gasteiger partial charge >= 0.3 is 11.9 Å². The Morgan fingerprint density at radius 3 is 1.22 bits per heavy atom. The molecule has 0 fully saturated rings. The lowest BCUT2D eigenvalue weighted by atomic mass is 9.97. The largest absolute Gasteiger partial charge is 0.508 e. The first kappa shape index (κ1) is 103. The quantitative estimate of drug-likeness (QED) is 0.0164. The summed E-state index contributed by atoms with van der Waals surface area (Å²) in [7, 11) is 0. The molecule has 0 aromatic heterocycles. The molecule has 0 saturated carbocycles. The zero-order valence-corrected chi connectivity index (χ0v) is 66.5. The summed E-state index contributed by atoms with van der Waals surface area (Å²) in [6.07, 6.45) is -6.78. The number of carbonyl (C=O) groups is 20. The fourth-order valence-corrected chi connectivity index (χ4v) is 10.1. The minimum Gasteiger partial charge on any atom is -0.508 e. The number of benzene rings is 1. The maximum atomic E-state index is 14.3. The van der Waals surface area contributed by atoms with Crippen LogP contribution in [0.5, 0.6) is 5.75 Å². The van der Waals surface area contributed by atoms with Crippen LogP contribution in [0.1, 0.15) is 120 Å². The SMILES string of the molecule is CC[C@H](C)[C@H](NC(=O)[C@H](Cc1ccc(O)cc1)NC(=O)[C@@H](NC(=O)CNC(=O)[C@@H](NC(=O)[C@H](CC(C)C)NC(=O)[C@H](C)NC(=O)CNC(=O)[C@H](CC(=O)O)NC(=O)[C@H](C)NC(=O)CNC(=O)[C@H](C)NC(=O)[C@@H](N)[C@@H](C)O)[C@@H](C)O)[C@@H](C)O)C(=O)NCC(=O)N[C@@H](C)C(=O)N[C@@H](CCCNC(=N)N)C(=O)NCC(=O)N[C@@H](CC(N)=O)C(=O)O. The van der Waals surface area contributed by atoms with Crippen molar-refractivity contribution >= 4 is 124 Å². The van der Waals surface area contributed by atoms with Crippen LogP contribution < -0.4 is 113 Å². The van der Waals surface area contributed by atoms with Gasteiger partial charge in [-0.3, -0.25) is 96.5 Å². The summed E-state index contributed by atoms with van der Waals surface area (Å²) in [6.45, 7) is 10.5. The topological polar surface area (TPSA) is 781 Å². The van der Waals surface area contributed by atoms with Gasteiger partial charge < -0.3 is 144 Å². The number of nitrogens with two attached hydrogens (primary N) is 3. The highest BCUT2D eigenvalue weighted by atomic mass is 16.4. The van der Waals surface area contributed by atoms with Crippen molar-refractivity contribution in [3.63, 3.8) is 0 Å². The van der Waals surface area contributed by atoms with E-state index >= 15 is 0 Å². The van der Waals surface area contributed by atoms with E-state index in [1.807, 2.05) is 5.32 Å². The lowest BCUT2D eigenvalue weighted by Gasteiger charge is -2.28. The van der Waals surface area contributed by atoms with Crippen molar-refractivity contribution in [3.05, 3.63) is 29.8 Å². The third-order valence-corrected chi connectivity index (χ3v) is 17.0. The summed E-state index contributed by atoms with van der Waals surface area (Å²) in [5.74, 6) is -23.3. The molecule has 31 N–H and O–H groups in total. The molecule has 0 aliphatic carbocycles. The van der Waals surface area contributed by atoms with Gasteiger partial charge in [-0.1, -0.05) is 46.2 Å². The van der Waals surface area contributed by atoms with Crippen LogP contribution in [0.15, 0.2) is 24.3 Å². The maximum absolute atomic E-state index is 14.3. The summed E-state index contributed by atoms with van der Waals surface area (Å²) < 4.78 is 0. The number of hydrogen-bond donors (Lipinski definition) is 28. The van der Waals surface area contributed by atoms with E-state index in [1.54, 1.807) is 27.7 Å². The van der Waals surface area contributed by atoms with Gasteiger partial charge in [-0.05, 0) is 97.3 Å². The van der Waals surface area contributed by atoms with Gasteiger partial charge in [-0.2, -0.15) is 0 Å². The third kappa shape index (κ3) is 39.9. The molecule has 0 saturated heterocycles. The number of phenols is 1. The van der Waals surface area contributed by atoms with Crippen LogP contribution in [0.2, 0.25) is 0 Å². The number of aliphatic hydroxyl groups excluding tert-OH is 3. The Bertz CT molecular complexity index is 3700. The molecule has 117 heavy (non-hydrogen) atoms.